The highest BCUT2D eigenvalue weighted by Gasteiger charge is 2.34. The van der Waals surface area contributed by atoms with Crippen LogP contribution in [0.25, 0.3) is 0 Å². The quantitative estimate of drug-likeness (QED) is 0.580. The number of carbonyl (C=O) groups excluding carboxylic acids is 1. The number of nitrogens with zero attached hydrogens (tertiary/aromatic N) is 2. The molecule has 27 heavy (non-hydrogen) atoms. The summed E-state index contributed by atoms with van der Waals surface area (Å²) in [6.07, 6.45) is 0. The van der Waals surface area contributed by atoms with Crippen molar-refractivity contribution in [3.63, 3.8) is 0 Å². The van der Waals surface area contributed by atoms with Crippen LogP contribution in [0.1, 0.15) is 17.7 Å². The Labute approximate surface area is 163 Å². The van der Waals surface area contributed by atoms with Crippen molar-refractivity contribution in [1.82, 2.24) is 0 Å². The van der Waals surface area contributed by atoms with Crippen molar-refractivity contribution in [2.45, 2.75) is 12.2 Å². The van der Waals surface area contributed by atoms with Crippen molar-refractivity contribution in [2.24, 2.45) is 10.9 Å². The van der Waals surface area contributed by atoms with Crippen LogP contribution in [-0.4, -0.2) is 11.1 Å². The van der Waals surface area contributed by atoms with Gasteiger partial charge in [0.1, 0.15) is 0 Å². The molecule has 134 valence electrons. The van der Waals surface area contributed by atoms with Crippen LogP contribution in [0, 0.1) is 5.92 Å². The molecule has 1 aliphatic heterocycles. The minimum absolute atomic E-state index is 0.0427. The molecule has 1 heterocycles. The van der Waals surface area contributed by atoms with Gasteiger partial charge in [-0.3, -0.25) is 9.69 Å². The van der Waals surface area contributed by atoms with Gasteiger partial charge in [-0.15, -0.1) is 0 Å². The van der Waals surface area contributed by atoms with Gasteiger partial charge >= 0.3 is 0 Å². The number of para-hydroxylation sites is 2. The Morgan fingerprint density at radius 3 is 1.78 bits per heavy atom. The van der Waals surface area contributed by atoms with E-state index in [0.717, 1.165) is 16.9 Å². The van der Waals surface area contributed by atoms with Crippen molar-refractivity contribution >= 4 is 34.2 Å². The summed E-state index contributed by atoms with van der Waals surface area (Å²) in [5.74, 6) is -0.232. The van der Waals surface area contributed by atoms with Crippen molar-refractivity contribution in [3.05, 3.63) is 96.6 Å². The number of hydrogen-bond donors (Lipinski definition) is 0. The van der Waals surface area contributed by atoms with Crippen molar-refractivity contribution in [2.75, 3.05) is 4.90 Å². The van der Waals surface area contributed by atoms with E-state index in [2.05, 4.69) is 22.0 Å². The molecule has 0 N–H and O–H groups in total. The summed E-state index contributed by atoms with van der Waals surface area (Å²) >= 11 is 1.65. The molecule has 1 amide bonds. The molecule has 3 aromatic rings. The molecule has 2 atom stereocenters. The molecule has 4 heteroatoms. The second kappa shape index (κ2) is 7.80. The first-order chi connectivity index (χ1) is 13.2. The molecule has 0 fully saturated rings. The van der Waals surface area contributed by atoms with E-state index in [4.69, 9.17) is 0 Å². The predicted octanol–water partition coefficient (Wildman–Crippen LogP) is 5.83. The highest BCUT2D eigenvalue weighted by Crippen LogP contribution is 2.43. The fraction of sp³-hybridized carbons (Fsp3) is 0.130. The summed E-state index contributed by atoms with van der Waals surface area (Å²) in [4.78, 5) is 19.2. The topological polar surface area (TPSA) is 32.7 Å². The molecule has 0 unspecified atom stereocenters. The largest absolute Gasteiger partial charge is 0.289 e. The van der Waals surface area contributed by atoms with Crippen LogP contribution in [0.4, 0.5) is 11.4 Å². The number of benzene rings is 3. The number of aliphatic imine (C=N–C) groups is 1. The van der Waals surface area contributed by atoms with E-state index >= 15 is 0 Å². The molecule has 0 aromatic heterocycles. The zero-order valence-corrected chi connectivity index (χ0v) is 15.8. The van der Waals surface area contributed by atoms with Gasteiger partial charge in [0.2, 0.25) is 0 Å². The first kappa shape index (κ1) is 17.6. The standard InChI is InChI=1S/C23H20N2OS/c1-17-21(18-11-5-2-6-12-18)27-23(24-22(17)26)25(19-13-7-3-8-14-19)20-15-9-4-10-16-20/h2-17,21H,1H3/t17-,21+/m1/s1. The molecule has 0 bridgehead atoms. The second-order valence-electron chi connectivity index (χ2n) is 6.48. The number of thioether (sulfide) groups is 1. The molecule has 3 nitrogen and oxygen atoms in total. The highest BCUT2D eigenvalue weighted by molar-refractivity contribution is 8.14. The highest BCUT2D eigenvalue weighted by atomic mass is 32.2. The minimum atomic E-state index is -0.158. The van der Waals surface area contributed by atoms with Crippen molar-refractivity contribution < 1.29 is 4.79 Å². The third-order valence-electron chi connectivity index (χ3n) is 4.63. The molecule has 1 aliphatic rings. The summed E-state index contributed by atoms with van der Waals surface area (Å²) in [7, 11) is 0. The Hall–Kier alpha value is -2.85. The SMILES string of the molecule is C[C@H]1C(=O)N=C(N(c2ccccc2)c2ccccc2)S[C@@H]1c1ccccc1. The lowest BCUT2D eigenvalue weighted by molar-refractivity contribution is -0.121. The predicted molar refractivity (Wildman–Crippen MR) is 113 cm³/mol. The third kappa shape index (κ3) is 3.67. The van der Waals surface area contributed by atoms with Crippen LogP contribution in [0.5, 0.6) is 0 Å². The molecule has 0 radical (unpaired) electrons. The maximum Gasteiger partial charge on any atom is 0.252 e. The smallest absolute Gasteiger partial charge is 0.252 e. The lowest BCUT2D eigenvalue weighted by Crippen LogP contribution is -2.32. The van der Waals surface area contributed by atoms with Crippen LogP contribution >= 0.6 is 11.8 Å². The number of carbonyl (C=O) groups is 1. The number of amidine groups is 1. The normalized spacial score (nSPS) is 19.4. The van der Waals surface area contributed by atoms with Crippen LogP contribution < -0.4 is 4.90 Å². The maximum atomic E-state index is 12.7. The zero-order valence-electron chi connectivity index (χ0n) is 15.0. The van der Waals surface area contributed by atoms with Gasteiger partial charge in [0.05, 0.1) is 5.92 Å². The molecule has 0 saturated carbocycles. The van der Waals surface area contributed by atoms with Crippen molar-refractivity contribution in [3.8, 4) is 0 Å². The lowest BCUT2D eigenvalue weighted by atomic mass is 10.00. The molecule has 0 saturated heterocycles. The van der Waals surface area contributed by atoms with Gasteiger partial charge in [-0.05, 0) is 29.8 Å². The van der Waals surface area contributed by atoms with E-state index in [1.165, 1.54) is 0 Å². The third-order valence-corrected chi connectivity index (χ3v) is 6.05. The number of rotatable bonds is 3. The van der Waals surface area contributed by atoms with Crippen LogP contribution in [0.15, 0.2) is 96.0 Å². The fourth-order valence-electron chi connectivity index (χ4n) is 3.19. The van der Waals surface area contributed by atoms with Gasteiger partial charge in [0, 0.05) is 16.6 Å². The van der Waals surface area contributed by atoms with E-state index in [0.29, 0.717) is 5.17 Å². The van der Waals surface area contributed by atoms with Gasteiger partial charge in [-0.2, -0.15) is 4.99 Å². The van der Waals surface area contributed by atoms with Gasteiger partial charge in [0.25, 0.3) is 5.91 Å². The van der Waals surface area contributed by atoms with Gasteiger partial charge in [-0.25, -0.2) is 0 Å². The average molecular weight is 372 g/mol. The molecular weight excluding hydrogens is 352 g/mol. The number of hydrogen-bond acceptors (Lipinski definition) is 3. The second-order valence-corrected chi connectivity index (χ2v) is 7.59. The summed E-state index contributed by atoms with van der Waals surface area (Å²) in [6.45, 7) is 1.96. The minimum Gasteiger partial charge on any atom is -0.289 e. The van der Waals surface area contributed by atoms with Gasteiger partial charge in [0.15, 0.2) is 5.17 Å². The summed E-state index contributed by atoms with van der Waals surface area (Å²) in [5, 5.41) is 0.755. The summed E-state index contributed by atoms with van der Waals surface area (Å²) in [5.41, 5.74) is 3.13. The molecule has 0 spiro atoms. The summed E-state index contributed by atoms with van der Waals surface area (Å²) < 4.78 is 0. The Bertz CT molecular complexity index is 902. The van der Waals surface area contributed by atoms with E-state index < -0.39 is 0 Å². The molecule has 3 aromatic carbocycles. The van der Waals surface area contributed by atoms with Crippen LogP contribution in [0.2, 0.25) is 0 Å². The monoisotopic (exact) mass is 372 g/mol. The molecule has 0 aliphatic carbocycles. The van der Waals surface area contributed by atoms with E-state index in [1.54, 1.807) is 11.8 Å². The first-order valence-corrected chi connectivity index (χ1v) is 9.86. The molecular formula is C23H20N2OS. The maximum absolute atomic E-state index is 12.7. The van der Waals surface area contributed by atoms with Crippen molar-refractivity contribution in [1.29, 1.82) is 0 Å². The average Bonchev–Trinajstić information content (AvgIpc) is 2.73. The number of anilines is 2. The molecule has 4 rings (SSSR count). The fourth-order valence-corrected chi connectivity index (χ4v) is 4.49. The first-order valence-electron chi connectivity index (χ1n) is 8.98. The number of amides is 1. The summed E-state index contributed by atoms with van der Waals surface area (Å²) in [6, 6.07) is 30.3. The Morgan fingerprint density at radius 2 is 1.26 bits per heavy atom. The Morgan fingerprint density at radius 1 is 0.778 bits per heavy atom. The van der Waals surface area contributed by atoms with E-state index in [-0.39, 0.29) is 17.1 Å². The van der Waals surface area contributed by atoms with E-state index in [1.807, 2.05) is 85.8 Å². The zero-order chi connectivity index (χ0) is 18.6. The van der Waals surface area contributed by atoms with Crippen LogP contribution in [-0.2, 0) is 4.79 Å². The Balaban J connectivity index is 1.78. The van der Waals surface area contributed by atoms with Gasteiger partial charge in [-0.1, -0.05) is 85.4 Å². The lowest BCUT2D eigenvalue weighted by Gasteiger charge is -2.33. The van der Waals surface area contributed by atoms with Crippen LogP contribution in [0.3, 0.4) is 0 Å². The van der Waals surface area contributed by atoms with E-state index in [9.17, 15) is 4.79 Å². The Kier molecular flexibility index (Phi) is 5.07. The van der Waals surface area contributed by atoms with Gasteiger partial charge < -0.3 is 0 Å².